The van der Waals surface area contributed by atoms with Gasteiger partial charge in [-0.25, -0.2) is 0 Å². The standard InChI is InChI=1S/C7H7NO3/c8-4-1-2-5-7(6(4)9)11-3-10-5/h1-2,9H,3,8H2. The molecule has 3 N–H and O–H groups in total. The fraction of sp³-hybridized carbons (Fsp3) is 0.143. The first-order chi connectivity index (χ1) is 5.29. The number of ether oxygens (including phenoxy) is 2. The molecule has 0 saturated heterocycles. The van der Waals surface area contributed by atoms with Gasteiger partial charge in [0.1, 0.15) is 0 Å². The van der Waals surface area contributed by atoms with Crippen LogP contribution in [0.2, 0.25) is 0 Å². The monoisotopic (exact) mass is 153 g/mol. The van der Waals surface area contributed by atoms with E-state index in [1.54, 1.807) is 12.1 Å². The SMILES string of the molecule is Nc1ccc2c(c1O)OCO2. The number of fused-ring (bicyclic) bond motifs is 1. The highest BCUT2D eigenvalue weighted by Gasteiger charge is 2.18. The van der Waals surface area contributed by atoms with Crippen molar-refractivity contribution >= 4 is 5.69 Å². The lowest BCUT2D eigenvalue weighted by Gasteiger charge is -2.00. The van der Waals surface area contributed by atoms with Gasteiger partial charge in [-0.1, -0.05) is 0 Å². The second kappa shape index (κ2) is 1.95. The van der Waals surface area contributed by atoms with Crippen LogP contribution in [0.4, 0.5) is 5.69 Å². The molecule has 0 atom stereocenters. The van der Waals surface area contributed by atoms with Gasteiger partial charge < -0.3 is 20.3 Å². The van der Waals surface area contributed by atoms with E-state index in [2.05, 4.69) is 0 Å². The smallest absolute Gasteiger partial charge is 0.231 e. The van der Waals surface area contributed by atoms with E-state index in [1.807, 2.05) is 0 Å². The van der Waals surface area contributed by atoms with Gasteiger partial charge in [-0.2, -0.15) is 0 Å². The molecular weight excluding hydrogens is 146 g/mol. The third-order valence-electron chi connectivity index (χ3n) is 1.54. The molecular formula is C7H7NO3. The van der Waals surface area contributed by atoms with E-state index >= 15 is 0 Å². The summed E-state index contributed by atoms with van der Waals surface area (Å²) in [6, 6.07) is 3.24. The Morgan fingerprint density at radius 2 is 2.18 bits per heavy atom. The molecule has 0 fully saturated rings. The second-order valence-electron chi connectivity index (χ2n) is 2.24. The van der Waals surface area contributed by atoms with Crippen molar-refractivity contribution in [2.24, 2.45) is 0 Å². The number of hydrogen-bond donors (Lipinski definition) is 2. The van der Waals surface area contributed by atoms with Crippen LogP contribution in [0.5, 0.6) is 17.2 Å². The fourth-order valence-corrected chi connectivity index (χ4v) is 0.973. The van der Waals surface area contributed by atoms with Crippen LogP contribution in [0.3, 0.4) is 0 Å². The van der Waals surface area contributed by atoms with Crippen molar-refractivity contribution in [3.63, 3.8) is 0 Å². The quantitative estimate of drug-likeness (QED) is 0.425. The molecule has 4 heteroatoms. The highest BCUT2D eigenvalue weighted by Crippen LogP contribution is 2.43. The van der Waals surface area contributed by atoms with Crippen LogP contribution in [-0.4, -0.2) is 11.9 Å². The third kappa shape index (κ3) is 0.756. The molecule has 0 amide bonds. The number of anilines is 1. The van der Waals surface area contributed by atoms with Gasteiger partial charge in [0.25, 0.3) is 0 Å². The van der Waals surface area contributed by atoms with Crippen molar-refractivity contribution < 1.29 is 14.6 Å². The summed E-state index contributed by atoms with van der Waals surface area (Å²) in [4.78, 5) is 0. The first-order valence-corrected chi connectivity index (χ1v) is 3.16. The van der Waals surface area contributed by atoms with E-state index in [-0.39, 0.29) is 12.5 Å². The Bertz CT molecular complexity index is 298. The number of hydrogen-bond acceptors (Lipinski definition) is 4. The molecule has 4 nitrogen and oxygen atoms in total. The molecule has 1 aliphatic heterocycles. The average molecular weight is 153 g/mol. The van der Waals surface area contributed by atoms with Crippen LogP contribution in [0.1, 0.15) is 0 Å². The minimum absolute atomic E-state index is 0.0417. The summed E-state index contributed by atoms with van der Waals surface area (Å²) in [6.45, 7) is 0.145. The number of nitrogen functional groups attached to an aromatic ring is 1. The molecule has 11 heavy (non-hydrogen) atoms. The normalized spacial score (nSPS) is 13.5. The Morgan fingerprint density at radius 3 is 3.00 bits per heavy atom. The molecule has 0 spiro atoms. The van der Waals surface area contributed by atoms with Gasteiger partial charge in [-0.05, 0) is 12.1 Å². The van der Waals surface area contributed by atoms with Crippen LogP contribution in [-0.2, 0) is 0 Å². The largest absolute Gasteiger partial charge is 0.503 e. The van der Waals surface area contributed by atoms with Crippen LogP contribution in [0.15, 0.2) is 12.1 Å². The topological polar surface area (TPSA) is 64.7 Å². The van der Waals surface area contributed by atoms with E-state index in [0.29, 0.717) is 17.2 Å². The second-order valence-corrected chi connectivity index (χ2v) is 2.24. The minimum Gasteiger partial charge on any atom is -0.503 e. The predicted octanol–water partition coefficient (Wildman–Crippen LogP) is 0.703. The summed E-state index contributed by atoms with van der Waals surface area (Å²) in [6.07, 6.45) is 0. The highest BCUT2D eigenvalue weighted by molar-refractivity contribution is 5.65. The summed E-state index contributed by atoms with van der Waals surface area (Å²) in [7, 11) is 0. The maximum Gasteiger partial charge on any atom is 0.231 e. The van der Waals surface area contributed by atoms with Crippen LogP contribution in [0.25, 0.3) is 0 Å². The Labute approximate surface area is 63.2 Å². The summed E-state index contributed by atoms with van der Waals surface area (Å²) >= 11 is 0. The van der Waals surface area contributed by atoms with Gasteiger partial charge in [0.05, 0.1) is 5.69 Å². The molecule has 1 aromatic carbocycles. The zero-order valence-electron chi connectivity index (χ0n) is 5.70. The van der Waals surface area contributed by atoms with E-state index < -0.39 is 0 Å². The molecule has 58 valence electrons. The summed E-state index contributed by atoms with van der Waals surface area (Å²) < 4.78 is 9.95. The number of phenolic OH excluding ortho intramolecular Hbond substituents is 1. The van der Waals surface area contributed by atoms with Crippen molar-refractivity contribution in [2.75, 3.05) is 12.5 Å². The van der Waals surface area contributed by atoms with Crippen LogP contribution < -0.4 is 15.2 Å². The summed E-state index contributed by atoms with van der Waals surface area (Å²) in [5.74, 6) is 0.835. The Hall–Kier alpha value is -1.58. The molecule has 1 heterocycles. The van der Waals surface area contributed by atoms with Gasteiger partial charge in [-0.3, -0.25) is 0 Å². The first-order valence-electron chi connectivity index (χ1n) is 3.16. The molecule has 0 aromatic heterocycles. The number of rotatable bonds is 0. The van der Waals surface area contributed by atoms with E-state index in [4.69, 9.17) is 15.2 Å². The number of phenols is 1. The lowest BCUT2D eigenvalue weighted by Crippen LogP contribution is -1.93. The zero-order chi connectivity index (χ0) is 7.84. The summed E-state index contributed by atoms with van der Waals surface area (Å²) in [5.41, 5.74) is 5.71. The van der Waals surface area contributed by atoms with Crippen molar-refractivity contribution in [1.29, 1.82) is 0 Å². The number of aromatic hydroxyl groups is 1. The maximum atomic E-state index is 9.29. The fourth-order valence-electron chi connectivity index (χ4n) is 0.973. The van der Waals surface area contributed by atoms with Gasteiger partial charge in [-0.15, -0.1) is 0 Å². The number of nitrogens with two attached hydrogens (primary N) is 1. The van der Waals surface area contributed by atoms with Gasteiger partial charge in [0.15, 0.2) is 11.5 Å². The Balaban J connectivity index is 2.62. The zero-order valence-corrected chi connectivity index (χ0v) is 5.70. The highest BCUT2D eigenvalue weighted by atomic mass is 16.7. The van der Waals surface area contributed by atoms with Gasteiger partial charge in [0.2, 0.25) is 12.5 Å². The van der Waals surface area contributed by atoms with E-state index in [0.717, 1.165) is 0 Å². The molecule has 0 saturated carbocycles. The van der Waals surface area contributed by atoms with Gasteiger partial charge >= 0.3 is 0 Å². The molecule has 0 unspecified atom stereocenters. The lowest BCUT2D eigenvalue weighted by atomic mass is 10.2. The Kier molecular flexibility index (Phi) is 1.09. The van der Waals surface area contributed by atoms with Crippen molar-refractivity contribution in [2.45, 2.75) is 0 Å². The molecule has 1 aromatic rings. The predicted molar refractivity (Wildman–Crippen MR) is 38.6 cm³/mol. The van der Waals surface area contributed by atoms with E-state index in [1.165, 1.54) is 0 Å². The molecule has 0 radical (unpaired) electrons. The average Bonchev–Trinajstić information content (AvgIpc) is 2.45. The summed E-state index contributed by atoms with van der Waals surface area (Å²) in [5, 5.41) is 9.29. The van der Waals surface area contributed by atoms with Crippen LogP contribution in [0, 0.1) is 0 Å². The van der Waals surface area contributed by atoms with Gasteiger partial charge in [0, 0.05) is 0 Å². The molecule has 1 aliphatic rings. The maximum absolute atomic E-state index is 9.29. The van der Waals surface area contributed by atoms with Crippen molar-refractivity contribution in [3.8, 4) is 17.2 Å². The van der Waals surface area contributed by atoms with Crippen LogP contribution >= 0.6 is 0 Å². The van der Waals surface area contributed by atoms with Crippen molar-refractivity contribution in [1.82, 2.24) is 0 Å². The number of benzene rings is 1. The first kappa shape index (κ1) is 6.15. The lowest BCUT2D eigenvalue weighted by molar-refractivity contribution is 0.171. The molecule has 2 rings (SSSR count). The third-order valence-corrected chi connectivity index (χ3v) is 1.54. The van der Waals surface area contributed by atoms with E-state index in [9.17, 15) is 5.11 Å². The van der Waals surface area contributed by atoms with Crippen molar-refractivity contribution in [3.05, 3.63) is 12.1 Å². The molecule has 0 aliphatic carbocycles. The minimum atomic E-state index is -0.0417. The molecule has 0 bridgehead atoms. The Morgan fingerprint density at radius 1 is 1.36 bits per heavy atom.